The first kappa shape index (κ1) is 16.4. The molecule has 4 nitrogen and oxygen atoms in total. The van der Waals surface area contributed by atoms with Crippen LogP contribution in [0.4, 0.5) is 8.78 Å². The number of hydrogen-bond acceptors (Lipinski definition) is 2. The summed E-state index contributed by atoms with van der Waals surface area (Å²) in [4.78, 5) is 23.3. The van der Waals surface area contributed by atoms with Gasteiger partial charge in [-0.05, 0) is 42.0 Å². The van der Waals surface area contributed by atoms with Gasteiger partial charge < -0.3 is 10.4 Å². The van der Waals surface area contributed by atoms with Crippen LogP contribution in [0, 0.1) is 23.5 Å². The van der Waals surface area contributed by atoms with Crippen LogP contribution >= 0.6 is 0 Å². The lowest BCUT2D eigenvalue weighted by atomic mass is 9.99. The van der Waals surface area contributed by atoms with Crippen molar-refractivity contribution in [3.63, 3.8) is 0 Å². The normalized spacial score (nSPS) is 22.7. The van der Waals surface area contributed by atoms with Crippen LogP contribution in [0.25, 0.3) is 0 Å². The molecule has 6 heteroatoms. The van der Waals surface area contributed by atoms with Gasteiger partial charge in [-0.25, -0.2) is 13.6 Å². The fourth-order valence-corrected chi connectivity index (χ4v) is 2.57. The van der Waals surface area contributed by atoms with Crippen LogP contribution in [0.15, 0.2) is 18.2 Å². The van der Waals surface area contributed by atoms with Crippen molar-refractivity contribution in [3.8, 4) is 0 Å². The molecule has 0 bridgehead atoms. The summed E-state index contributed by atoms with van der Waals surface area (Å²) in [6, 6.07) is 2.20. The number of amides is 1. The molecule has 0 spiro atoms. The summed E-state index contributed by atoms with van der Waals surface area (Å²) in [5, 5.41) is 11.7. The number of carboxylic acids is 1. The van der Waals surface area contributed by atoms with E-state index in [4.69, 9.17) is 5.11 Å². The van der Waals surface area contributed by atoms with Crippen molar-refractivity contribution in [3.05, 3.63) is 35.4 Å². The fourth-order valence-electron chi connectivity index (χ4n) is 2.57. The van der Waals surface area contributed by atoms with Gasteiger partial charge in [0, 0.05) is 5.92 Å². The SMILES string of the molecule is CC[C@H](C)[C@H](NC(=O)C1CC1c1cc(F)ccc1F)C(=O)O. The van der Waals surface area contributed by atoms with Crippen LogP contribution in [-0.2, 0) is 9.59 Å². The second kappa shape index (κ2) is 6.42. The monoisotopic (exact) mass is 311 g/mol. The Morgan fingerprint density at radius 2 is 2.09 bits per heavy atom. The summed E-state index contributed by atoms with van der Waals surface area (Å²) < 4.78 is 26.9. The van der Waals surface area contributed by atoms with Gasteiger partial charge in [-0.2, -0.15) is 0 Å². The molecule has 0 aliphatic heterocycles. The number of carboxylic acid groups (broad SMARTS) is 1. The van der Waals surface area contributed by atoms with E-state index in [-0.39, 0.29) is 17.4 Å². The lowest BCUT2D eigenvalue weighted by Gasteiger charge is -2.20. The van der Waals surface area contributed by atoms with Gasteiger partial charge in [0.25, 0.3) is 0 Å². The number of hydrogen-bond donors (Lipinski definition) is 2. The minimum atomic E-state index is -1.09. The van der Waals surface area contributed by atoms with Gasteiger partial charge in [0.1, 0.15) is 17.7 Å². The predicted molar refractivity (Wildman–Crippen MR) is 76.2 cm³/mol. The molecule has 0 saturated heterocycles. The molecule has 1 amide bonds. The Labute approximate surface area is 127 Å². The molecule has 1 fully saturated rings. The Bertz CT molecular complexity index is 591. The summed E-state index contributed by atoms with van der Waals surface area (Å²) in [5.74, 6) is -3.68. The van der Waals surface area contributed by atoms with Crippen molar-refractivity contribution in [2.24, 2.45) is 11.8 Å². The zero-order valence-corrected chi connectivity index (χ0v) is 12.5. The standard InChI is InChI=1S/C16H19F2NO3/c1-3-8(2)14(16(21)22)19-15(20)12-7-10(12)11-6-9(17)4-5-13(11)18/h4-6,8,10,12,14H,3,7H2,1-2H3,(H,19,20)(H,21,22)/t8-,10?,12?,14-/m0/s1. The Morgan fingerprint density at radius 3 is 2.68 bits per heavy atom. The van der Waals surface area contributed by atoms with Gasteiger partial charge in [-0.1, -0.05) is 20.3 Å². The van der Waals surface area contributed by atoms with Crippen molar-refractivity contribution in [2.75, 3.05) is 0 Å². The zero-order chi connectivity index (χ0) is 16.4. The molecule has 1 aromatic rings. The first-order valence-electron chi connectivity index (χ1n) is 7.33. The maximum Gasteiger partial charge on any atom is 0.326 e. The van der Waals surface area contributed by atoms with Gasteiger partial charge in [0.2, 0.25) is 5.91 Å². The predicted octanol–water partition coefficient (Wildman–Crippen LogP) is 2.68. The number of halogens is 2. The highest BCUT2D eigenvalue weighted by Crippen LogP contribution is 2.48. The average Bonchev–Trinajstić information content (AvgIpc) is 3.26. The van der Waals surface area contributed by atoms with Crippen molar-refractivity contribution < 1.29 is 23.5 Å². The molecule has 22 heavy (non-hydrogen) atoms. The second-order valence-corrected chi connectivity index (χ2v) is 5.82. The van der Waals surface area contributed by atoms with Crippen molar-refractivity contribution >= 4 is 11.9 Å². The molecule has 2 unspecified atom stereocenters. The topological polar surface area (TPSA) is 66.4 Å². The largest absolute Gasteiger partial charge is 0.480 e. The van der Waals surface area contributed by atoms with E-state index in [1.54, 1.807) is 6.92 Å². The van der Waals surface area contributed by atoms with Crippen LogP contribution < -0.4 is 5.32 Å². The molecule has 4 atom stereocenters. The molecule has 120 valence electrons. The molecule has 2 rings (SSSR count). The number of aliphatic carboxylic acids is 1. The zero-order valence-electron chi connectivity index (χ0n) is 12.5. The minimum absolute atomic E-state index is 0.176. The summed E-state index contributed by atoms with van der Waals surface area (Å²) in [7, 11) is 0. The third kappa shape index (κ3) is 3.43. The maximum atomic E-state index is 13.7. The van der Waals surface area contributed by atoms with Crippen LogP contribution in [0.1, 0.15) is 38.2 Å². The fraction of sp³-hybridized carbons (Fsp3) is 0.500. The highest BCUT2D eigenvalue weighted by Gasteiger charge is 2.46. The number of nitrogens with one attached hydrogen (secondary N) is 1. The highest BCUT2D eigenvalue weighted by atomic mass is 19.1. The Morgan fingerprint density at radius 1 is 1.41 bits per heavy atom. The van der Waals surface area contributed by atoms with E-state index in [0.29, 0.717) is 12.8 Å². The minimum Gasteiger partial charge on any atom is -0.480 e. The molecule has 1 aliphatic rings. The van der Waals surface area contributed by atoms with Crippen LogP contribution in [0.2, 0.25) is 0 Å². The molecule has 1 saturated carbocycles. The first-order valence-corrected chi connectivity index (χ1v) is 7.33. The average molecular weight is 311 g/mol. The van der Waals surface area contributed by atoms with Crippen LogP contribution in [-0.4, -0.2) is 23.0 Å². The summed E-state index contributed by atoms with van der Waals surface area (Å²) >= 11 is 0. The van der Waals surface area contributed by atoms with E-state index in [0.717, 1.165) is 18.2 Å². The highest BCUT2D eigenvalue weighted by molar-refractivity contribution is 5.87. The Kier molecular flexibility index (Phi) is 4.78. The summed E-state index contributed by atoms with van der Waals surface area (Å²) in [5.41, 5.74) is 0.176. The second-order valence-electron chi connectivity index (χ2n) is 5.82. The lowest BCUT2D eigenvalue weighted by Crippen LogP contribution is -2.45. The van der Waals surface area contributed by atoms with Gasteiger partial charge in [0.05, 0.1) is 0 Å². The van der Waals surface area contributed by atoms with Crippen molar-refractivity contribution in [1.82, 2.24) is 5.32 Å². The smallest absolute Gasteiger partial charge is 0.326 e. The van der Waals surface area contributed by atoms with E-state index < -0.39 is 35.5 Å². The molecule has 1 aliphatic carbocycles. The van der Waals surface area contributed by atoms with Crippen LogP contribution in [0.5, 0.6) is 0 Å². The van der Waals surface area contributed by atoms with Crippen LogP contribution in [0.3, 0.4) is 0 Å². The van der Waals surface area contributed by atoms with Crippen molar-refractivity contribution in [2.45, 2.75) is 38.6 Å². The molecule has 1 aromatic carbocycles. The van der Waals surface area contributed by atoms with E-state index in [1.807, 2.05) is 6.92 Å². The van der Waals surface area contributed by atoms with E-state index >= 15 is 0 Å². The van der Waals surface area contributed by atoms with Crippen molar-refractivity contribution in [1.29, 1.82) is 0 Å². The molecule has 0 radical (unpaired) electrons. The van der Waals surface area contributed by atoms with Gasteiger partial charge in [0.15, 0.2) is 0 Å². The molecule has 2 N–H and O–H groups in total. The molecule has 0 heterocycles. The van der Waals surface area contributed by atoms with E-state index in [1.165, 1.54) is 0 Å². The third-order valence-electron chi connectivity index (χ3n) is 4.26. The van der Waals surface area contributed by atoms with E-state index in [9.17, 15) is 18.4 Å². The Hall–Kier alpha value is -1.98. The molecular weight excluding hydrogens is 292 g/mol. The molecular formula is C16H19F2NO3. The lowest BCUT2D eigenvalue weighted by molar-refractivity contribution is -0.143. The number of carbonyl (C=O) groups excluding carboxylic acids is 1. The number of carbonyl (C=O) groups is 2. The first-order chi connectivity index (χ1) is 10.3. The van der Waals surface area contributed by atoms with E-state index in [2.05, 4.69) is 5.32 Å². The summed E-state index contributed by atoms with van der Waals surface area (Å²) in [6.45, 7) is 3.59. The number of benzene rings is 1. The Balaban J connectivity index is 2.04. The maximum absolute atomic E-state index is 13.7. The summed E-state index contributed by atoms with van der Waals surface area (Å²) in [6.07, 6.45) is 1.02. The third-order valence-corrected chi connectivity index (χ3v) is 4.26. The molecule has 0 aromatic heterocycles. The van der Waals surface area contributed by atoms with Gasteiger partial charge >= 0.3 is 5.97 Å². The number of rotatable bonds is 6. The van der Waals surface area contributed by atoms with Gasteiger partial charge in [-0.15, -0.1) is 0 Å². The van der Waals surface area contributed by atoms with Gasteiger partial charge in [-0.3, -0.25) is 4.79 Å². The quantitative estimate of drug-likeness (QED) is 0.849.